The van der Waals surface area contributed by atoms with E-state index in [-0.39, 0.29) is 6.04 Å². The van der Waals surface area contributed by atoms with Gasteiger partial charge in [0.1, 0.15) is 0 Å². The molecule has 15 heavy (non-hydrogen) atoms. The fraction of sp³-hybridized carbons (Fsp3) is 0.556. The average Bonchev–Trinajstić information content (AvgIpc) is 2.42. The van der Waals surface area contributed by atoms with Crippen molar-refractivity contribution in [3.63, 3.8) is 0 Å². The van der Waals surface area contributed by atoms with E-state index in [1.807, 2.05) is 0 Å². The van der Waals surface area contributed by atoms with E-state index < -0.39 is 10.8 Å². The van der Waals surface area contributed by atoms with Crippen LogP contribution in [0.15, 0.2) is 14.3 Å². The number of hydrogen-bond acceptors (Lipinski definition) is 3. The highest BCUT2D eigenvalue weighted by Crippen LogP contribution is 2.32. The van der Waals surface area contributed by atoms with Gasteiger partial charge in [0.05, 0.1) is 3.79 Å². The first-order valence-corrected chi connectivity index (χ1v) is 8.59. The lowest BCUT2D eigenvalue weighted by atomic mass is 10.3. The summed E-state index contributed by atoms with van der Waals surface area (Å²) in [4.78, 5) is 1.27. The summed E-state index contributed by atoms with van der Waals surface area (Å²) in [6.45, 7) is 2.88. The number of nitrogens with one attached hydrogen (secondary N) is 1. The quantitative estimate of drug-likeness (QED) is 0.857. The van der Waals surface area contributed by atoms with Crippen LogP contribution in [0.2, 0.25) is 0 Å². The first-order chi connectivity index (χ1) is 6.99. The van der Waals surface area contributed by atoms with Gasteiger partial charge >= 0.3 is 0 Å². The topological polar surface area (TPSA) is 29.1 Å². The fourth-order valence-corrected chi connectivity index (χ4v) is 4.11. The van der Waals surface area contributed by atoms with Crippen LogP contribution in [0.5, 0.6) is 0 Å². The Morgan fingerprint density at radius 2 is 2.27 bits per heavy atom. The molecule has 0 saturated carbocycles. The molecule has 6 heteroatoms. The molecule has 2 nitrogen and oxygen atoms in total. The van der Waals surface area contributed by atoms with Gasteiger partial charge in [-0.2, -0.15) is 0 Å². The normalized spacial score (nSPS) is 15.2. The van der Waals surface area contributed by atoms with E-state index in [1.165, 1.54) is 4.88 Å². The Morgan fingerprint density at radius 1 is 1.60 bits per heavy atom. The Kier molecular flexibility index (Phi) is 5.99. The van der Waals surface area contributed by atoms with Gasteiger partial charge in [-0.1, -0.05) is 0 Å². The monoisotopic (exact) mass is 373 g/mol. The van der Waals surface area contributed by atoms with Gasteiger partial charge in [0.15, 0.2) is 0 Å². The van der Waals surface area contributed by atoms with Crippen molar-refractivity contribution in [2.45, 2.75) is 19.5 Å². The third-order valence-electron chi connectivity index (χ3n) is 1.81. The third kappa shape index (κ3) is 5.08. The van der Waals surface area contributed by atoms with Crippen LogP contribution >= 0.6 is 43.2 Å². The first kappa shape index (κ1) is 13.8. The minimum Gasteiger partial charge on any atom is -0.308 e. The van der Waals surface area contributed by atoms with E-state index in [1.54, 1.807) is 17.6 Å². The van der Waals surface area contributed by atoms with Crippen molar-refractivity contribution < 1.29 is 4.21 Å². The maximum Gasteiger partial charge on any atom is 0.0843 e. The van der Waals surface area contributed by atoms with Crippen molar-refractivity contribution in [2.75, 3.05) is 12.0 Å². The van der Waals surface area contributed by atoms with Crippen LogP contribution in [0.1, 0.15) is 11.8 Å². The lowest BCUT2D eigenvalue weighted by molar-refractivity contribution is 0.591. The summed E-state index contributed by atoms with van der Waals surface area (Å²) in [5, 5.41) is 3.35. The van der Waals surface area contributed by atoms with Crippen LogP contribution in [0.4, 0.5) is 0 Å². The molecule has 0 aliphatic carbocycles. The third-order valence-corrected chi connectivity index (χ3v) is 6.03. The SMILES string of the molecule is CC(CS(C)=O)NCc1cc(Br)c(Br)s1. The Morgan fingerprint density at radius 3 is 2.73 bits per heavy atom. The van der Waals surface area contributed by atoms with Crippen LogP contribution in [-0.4, -0.2) is 22.3 Å². The number of halogens is 2. The van der Waals surface area contributed by atoms with Crippen molar-refractivity contribution in [1.82, 2.24) is 5.32 Å². The molecule has 0 saturated heterocycles. The second-order valence-corrected chi connectivity index (χ2v) is 8.14. The molecule has 0 aromatic carbocycles. The molecule has 1 N–H and O–H groups in total. The molecular weight excluding hydrogens is 362 g/mol. The zero-order valence-corrected chi connectivity index (χ0v) is 13.4. The molecule has 0 amide bonds. The van der Waals surface area contributed by atoms with Crippen LogP contribution in [0, 0.1) is 0 Å². The highest BCUT2D eigenvalue weighted by Gasteiger charge is 2.07. The molecule has 1 heterocycles. The van der Waals surface area contributed by atoms with E-state index in [2.05, 4.69) is 50.2 Å². The Bertz CT molecular complexity index is 334. The van der Waals surface area contributed by atoms with Crippen molar-refractivity contribution in [3.05, 3.63) is 19.2 Å². The zero-order valence-electron chi connectivity index (χ0n) is 8.55. The molecule has 0 aliphatic rings. The smallest absolute Gasteiger partial charge is 0.0843 e. The van der Waals surface area contributed by atoms with Crippen LogP contribution in [0.3, 0.4) is 0 Å². The predicted molar refractivity (Wildman–Crippen MR) is 75.0 cm³/mol. The highest BCUT2D eigenvalue weighted by molar-refractivity contribution is 9.13. The Hall–Kier alpha value is 0.770. The fourth-order valence-electron chi connectivity index (χ4n) is 1.16. The number of hydrogen-bond donors (Lipinski definition) is 1. The molecular formula is C9H13Br2NOS2. The minimum absolute atomic E-state index is 0.287. The molecule has 0 fully saturated rings. The van der Waals surface area contributed by atoms with E-state index in [9.17, 15) is 4.21 Å². The Balaban J connectivity index is 2.40. The van der Waals surface area contributed by atoms with Gasteiger partial charge in [-0.05, 0) is 44.8 Å². The van der Waals surface area contributed by atoms with E-state index in [4.69, 9.17) is 0 Å². The second-order valence-electron chi connectivity index (χ2n) is 3.36. The zero-order chi connectivity index (χ0) is 11.4. The molecule has 0 radical (unpaired) electrons. The van der Waals surface area contributed by atoms with Gasteiger partial charge in [0.25, 0.3) is 0 Å². The lowest BCUT2D eigenvalue weighted by Crippen LogP contribution is -2.30. The van der Waals surface area contributed by atoms with E-state index in [0.29, 0.717) is 5.75 Å². The molecule has 1 aromatic heterocycles. The predicted octanol–water partition coefficient (Wildman–Crippen LogP) is 3.13. The van der Waals surface area contributed by atoms with Gasteiger partial charge < -0.3 is 5.32 Å². The van der Waals surface area contributed by atoms with Crippen LogP contribution in [-0.2, 0) is 17.3 Å². The maximum atomic E-state index is 11.0. The summed E-state index contributed by atoms with van der Waals surface area (Å²) in [6, 6.07) is 2.38. The lowest BCUT2D eigenvalue weighted by Gasteiger charge is -2.10. The molecule has 1 rings (SSSR count). The summed E-state index contributed by atoms with van der Waals surface area (Å²) in [7, 11) is -0.730. The average molecular weight is 375 g/mol. The van der Waals surface area contributed by atoms with Crippen molar-refractivity contribution in [2.24, 2.45) is 0 Å². The second kappa shape index (κ2) is 6.49. The molecule has 2 atom stereocenters. The Labute approximate surface area is 114 Å². The van der Waals surface area contributed by atoms with Crippen molar-refractivity contribution in [1.29, 1.82) is 0 Å². The van der Waals surface area contributed by atoms with Gasteiger partial charge in [-0.25, -0.2) is 0 Å². The summed E-state index contributed by atoms with van der Waals surface area (Å²) in [5.74, 6) is 0.702. The van der Waals surface area contributed by atoms with Crippen LogP contribution in [0.25, 0.3) is 0 Å². The first-order valence-electron chi connectivity index (χ1n) is 4.46. The minimum atomic E-state index is -0.730. The molecule has 0 aliphatic heterocycles. The van der Waals surface area contributed by atoms with Gasteiger partial charge in [0, 0.05) is 44.7 Å². The summed E-state index contributed by atoms with van der Waals surface area (Å²) < 4.78 is 13.2. The summed E-state index contributed by atoms with van der Waals surface area (Å²) in [6.07, 6.45) is 1.73. The number of thiophene rings is 1. The van der Waals surface area contributed by atoms with E-state index >= 15 is 0 Å². The van der Waals surface area contributed by atoms with Gasteiger partial charge in [-0.15, -0.1) is 11.3 Å². The number of rotatable bonds is 5. The standard InChI is InChI=1S/C9H13Br2NOS2/c1-6(5-15(2)13)12-4-7-3-8(10)9(11)14-7/h3,6,12H,4-5H2,1-2H3. The molecule has 86 valence electrons. The van der Waals surface area contributed by atoms with Crippen LogP contribution < -0.4 is 5.32 Å². The molecule has 0 bridgehead atoms. The van der Waals surface area contributed by atoms with Crippen molar-refractivity contribution in [3.8, 4) is 0 Å². The molecule has 2 unspecified atom stereocenters. The molecule has 1 aromatic rings. The highest BCUT2D eigenvalue weighted by atomic mass is 79.9. The largest absolute Gasteiger partial charge is 0.308 e. The maximum absolute atomic E-state index is 11.0. The van der Waals surface area contributed by atoms with Gasteiger partial charge in [-0.3, -0.25) is 4.21 Å². The summed E-state index contributed by atoms with van der Waals surface area (Å²) in [5.41, 5.74) is 0. The van der Waals surface area contributed by atoms with E-state index in [0.717, 1.165) is 14.8 Å². The molecule has 0 spiro atoms. The van der Waals surface area contributed by atoms with Crippen molar-refractivity contribution >= 4 is 54.0 Å². The summed E-state index contributed by atoms with van der Waals surface area (Å²) >= 11 is 8.62. The van der Waals surface area contributed by atoms with Gasteiger partial charge in [0.2, 0.25) is 0 Å².